The van der Waals surface area contributed by atoms with Gasteiger partial charge in [0.1, 0.15) is 37.0 Å². The van der Waals surface area contributed by atoms with Crippen LogP contribution in [0.4, 0.5) is 21.7 Å². The highest BCUT2D eigenvalue weighted by Gasteiger charge is 2.11. The molecule has 3 rings (SSSR count). The first-order chi connectivity index (χ1) is 14.6. The van der Waals surface area contributed by atoms with Crippen molar-refractivity contribution in [1.29, 1.82) is 0 Å². The van der Waals surface area contributed by atoms with Crippen LogP contribution in [0.5, 0.6) is 11.5 Å². The molecule has 9 heteroatoms. The van der Waals surface area contributed by atoms with Crippen molar-refractivity contribution in [3.8, 4) is 11.5 Å². The van der Waals surface area contributed by atoms with Gasteiger partial charge in [-0.2, -0.15) is 0 Å². The van der Waals surface area contributed by atoms with E-state index in [-0.39, 0.29) is 18.2 Å². The van der Waals surface area contributed by atoms with Gasteiger partial charge in [0.05, 0.1) is 18.9 Å². The Hall–Kier alpha value is -3.88. The van der Waals surface area contributed by atoms with Crippen LogP contribution in [-0.2, 0) is 11.4 Å². The Balaban J connectivity index is 1.77. The van der Waals surface area contributed by atoms with Gasteiger partial charge in [0.15, 0.2) is 11.5 Å². The largest absolute Gasteiger partial charge is 0.493 e. The van der Waals surface area contributed by atoms with E-state index in [1.807, 2.05) is 6.92 Å². The van der Waals surface area contributed by atoms with Crippen LogP contribution >= 0.6 is 0 Å². The highest BCUT2D eigenvalue weighted by molar-refractivity contribution is 5.92. The van der Waals surface area contributed by atoms with E-state index in [9.17, 15) is 4.39 Å². The van der Waals surface area contributed by atoms with Crippen LogP contribution in [0.25, 0.3) is 0 Å². The molecule has 1 heterocycles. The Labute approximate surface area is 173 Å². The zero-order valence-electron chi connectivity index (χ0n) is 16.6. The van der Waals surface area contributed by atoms with Gasteiger partial charge in [-0.1, -0.05) is 17.3 Å². The summed E-state index contributed by atoms with van der Waals surface area (Å²) >= 11 is 0. The van der Waals surface area contributed by atoms with Crippen molar-refractivity contribution in [2.45, 2.75) is 13.5 Å². The first-order valence-electron chi connectivity index (χ1n) is 9.18. The van der Waals surface area contributed by atoms with Crippen LogP contribution in [-0.4, -0.2) is 29.9 Å². The lowest BCUT2D eigenvalue weighted by molar-refractivity contribution is 0.160. The minimum Gasteiger partial charge on any atom is -0.493 e. The maximum Gasteiger partial charge on any atom is 0.162 e. The van der Waals surface area contributed by atoms with E-state index in [1.165, 1.54) is 31.8 Å². The second kappa shape index (κ2) is 10.1. The second-order valence-corrected chi connectivity index (χ2v) is 6.08. The highest BCUT2D eigenvalue weighted by atomic mass is 19.1. The molecule has 0 fully saturated rings. The van der Waals surface area contributed by atoms with Crippen LogP contribution in [0.2, 0.25) is 0 Å². The molecule has 0 unspecified atom stereocenters. The fourth-order valence-electron chi connectivity index (χ4n) is 2.59. The molecule has 0 spiro atoms. The number of ether oxygens (including phenoxy) is 2. The lowest BCUT2D eigenvalue weighted by atomic mass is 10.2. The fraction of sp³-hybridized carbons (Fsp3) is 0.190. The third-order valence-corrected chi connectivity index (χ3v) is 4.01. The third kappa shape index (κ3) is 5.34. The van der Waals surface area contributed by atoms with Crippen molar-refractivity contribution in [1.82, 2.24) is 9.97 Å². The molecule has 0 atom stereocenters. The highest BCUT2D eigenvalue weighted by Crippen LogP contribution is 2.32. The molecule has 8 nitrogen and oxygen atoms in total. The average Bonchev–Trinajstić information content (AvgIpc) is 2.75. The molecule has 0 bridgehead atoms. The SMILES string of the molecule is CCO/N=C/c1c(N)ncnc1Nc1ccc(OCc2cccc(F)c2)c(OC)c1. The summed E-state index contributed by atoms with van der Waals surface area (Å²) < 4.78 is 24.5. The van der Waals surface area contributed by atoms with Crippen LogP contribution in [0, 0.1) is 5.82 Å². The number of hydrogen-bond donors (Lipinski definition) is 2. The van der Waals surface area contributed by atoms with E-state index in [1.54, 1.807) is 30.3 Å². The second-order valence-electron chi connectivity index (χ2n) is 6.08. The number of nitrogen functional groups attached to an aromatic ring is 1. The zero-order valence-corrected chi connectivity index (χ0v) is 16.6. The Morgan fingerprint density at radius 3 is 2.80 bits per heavy atom. The summed E-state index contributed by atoms with van der Waals surface area (Å²) in [4.78, 5) is 13.2. The van der Waals surface area contributed by atoms with Gasteiger partial charge in [0.2, 0.25) is 0 Å². The molecule has 0 aliphatic rings. The van der Waals surface area contributed by atoms with Gasteiger partial charge in [-0.05, 0) is 36.8 Å². The summed E-state index contributed by atoms with van der Waals surface area (Å²) in [6.07, 6.45) is 2.80. The van der Waals surface area contributed by atoms with Gasteiger partial charge in [-0.15, -0.1) is 0 Å². The maximum atomic E-state index is 13.3. The summed E-state index contributed by atoms with van der Waals surface area (Å²) in [6, 6.07) is 11.5. The number of halogens is 1. The fourth-order valence-corrected chi connectivity index (χ4v) is 2.59. The predicted octanol–water partition coefficient (Wildman–Crippen LogP) is 3.90. The molecule has 0 aliphatic carbocycles. The number of methoxy groups -OCH3 is 1. The van der Waals surface area contributed by atoms with E-state index in [2.05, 4.69) is 20.4 Å². The summed E-state index contributed by atoms with van der Waals surface area (Å²) in [7, 11) is 1.54. The number of aromatic nitrogens is 2. The third-order valence-electron chi connectivity index (χ3n) is 4.01. The van der Waals surface area contributed by atoms with Crippen LogP contribution < -0.4 is 20.5 Å². The van der Waals surface area contributed by atoms with Gasteiger partial charge in [-0.25, -0.2) is 14.4 Å². The maximum absolute atomic E-state index is 13.3. The molecular weight excluding hydrogens is 389 g/mol. The molecular formula is C21H22FN5O3. The molecule has 0 saturated carbocycles. The Bertz CT molecular complexity index is 1030. The number of nitrogens with one attached hydrogen (secondary N) is 1. The van der Waals surface area contributed by atoms with Gasteiger partial charge in [-0.3, -0.25) is 0 Å². The normalized spacial score (nSPS) is 10.8. The lowest BCUT2D eigenvalue weighted by Gasteiger charge is -2.14. The van der Waals surface area contributed by atoms with Crippen molar-refractivity contribution in [2.75, 3.05) is 24.8 Å². The van der Waals surface area contributed by atoms with E-state index in [4.69, 9.17) is 20.0 Å². The molecule has 0 radical (unpaired) electrons. The Morgan fingerprint density at radius 2 is 2.03 bits per heavy atom. The quantitative estimate of drug-likeness (QED) is 0.406. The van der Waals surface area contributed by atoms with Crippen molar-refractivity contribution in [2.24, 2.45) is 5.16 Å². The molecule has 30 heavy (non-hydrogen) atoms. The monoisotopic (exact) mass is 411 g/mol. The smallest absolute Gasteiger partial charge is 0.162 e. The van der Waals surface area contributed by atoms with Gasteiger partial charge in [0.25, 0.3) is 0 Å². The van der Waals surface area contributed by atoms with Crippen molar-refractivity contribution < 1.29 is 18.7 Å². The Kier molecular flexibility index (Phi) is 6.99. The molecule has 0 saturated heterocycles. The molecule has 0 amide bonds. The predicted molar refractivity (Wildman–Crippen MR) is 113 cm³/mol. The number of benzene rings is 2. The van der Waals surface area contributed by atoms with Crippen molar-refractivity contribution in [3.63, 3.8) is 0 Å². The van der Waals surface area contributed by atoms with E-state index in [0.717, 1.165) is 0 Å². The van der Waals surface area contributed by atoms with E-state index >= 15 is 0 Å². The molecule has 3 aromatic rings. The molecule has 2 aromatic carbocycles. The molecule has 156 valence electrons. The summed E-state index contributed by atoms with van der Waals surface area (Å²) in [5, 5.41) is 6.99. The molecule has 0 aliphatic heterocycles. The number of hydrogen-bond acceptors (Lipinski definition) is 8. The number of oxime groups is 1. The number of anilines is 3. The Morgan fingerprint density at radius 1 is 1.17 bits per heavy atom. The van der Waals surface area contributed by atoms with Crippen LogP contribution in [0.15, 0.2) is 53.9 Å². The average molecular weight is 411 g/mol. The summed E-state index contributed by atoms with van der Waals surface area (Å²) in [5.74, 6) is 1.44. The van der Waals surface area contributed by atoms with Crippen molar-refractivity contribution in [3.05, 3.63) is 65.7 Å². The zero-order chi connectivity index (χ0) is 21.3. The van der Waals surface area contributed by atoms with Crippen LogP contribution in [0.3, 0.4) is 0 Å². The van der Waals surface area contributed by atoms with Gasteiger partial charge in [0, 0.05) is 11.8 Å². The minimum atomic E-state index is -0.310. The summed E-state index contributed by atoms with van der Waals surface area (Å²) in [6.45, 7) is 2.47. The lowest BCUT2D eigenvalue weighted by Crippen LogP contribution is -2.05. The summed E-state index contributed by atoms with van der Waals surface area (Å²) in [5.41, 5.74) is 7.84. The van der Waals surface area contributed by atoms with E-state index < -0.39 is 0 Å². The standard InChI is InChI=1S/C21H22FN5O3/c1-3-30-26-11-17-20(23)24-13-25-21(17)27-16-7-8-18(19(10-16)28-2)29-12-14-5-4-6-15(22)9-14/h4-11,13H,3,12H2,1-2H3,(H3,23,24,25,27)/b26-11+. The van der Waals surface area contributed by atoms with Crippen molar-refractivity contribution >= 4 is 23.5 Å². The first kappa shape index (κ1) is 20.8. The van der Waals surface area contributed by atoms with Crippen LogP contribution in [0.1, 0.15) is 18.1 Å². The van der Waals surface area contributed by atoms with E-state index in [0.29, 0.717) is 40.7 Å². The topological polar surface area (TPSA) is 104 Å². The number of nitrogens with two attached hydrogens (primary N) is 1. The number of rotatable bonds is 9. The number of nitrogens with zero attached hydrogens (tertiary/aromatic N) is 3. The van der Waals surface area contributed by atoms with Gasteiger partial charge >= 0.3 is 0 Å². The first-order valence-corrected chi connectivity index (χ1v) is 9.18. The minimum absolute atomic E-state index is 0.210. The molecule has 1 aromatic heterocycles. The molecule has 3 N–H and O–H groups in total. The van der Waals surface area contributed by atoms with Gasteiger partial charge < -0.3 is 25.4 Å².